The Labute approximate surface area is 164 Å². The number of benzene rings is 1. The number of hydrogen-bond acceptors (Lipinski definition) is 6. The maximum Gasteiger partial charge on any atom is 0.225 e. The summed E-state index contributed by atoms with van der Waals surface area (Å²) in [6.45, 7) is 3.52. The largest absolute Gasteiger partial charge is 0.362 e. The molecule has 0 N–H and O–H groups in total. The summed E-state index contributed by atoms with van der Waals surface area (Å²) in [7, 11) is 3.92. The molecule has 0 saturated carbocycles. The molecule has 0 amide bonds. The second-order valence-electron chi connectivity index (χ2n) is 7.12. The minimum Gasteiger partial charge on any atom is -0.362 e. The fourth-order valence-electron chi connectivity index (χ4n) is 3.39. The summed E-state index contributed by atoms with van der Waals surface area (Å²) in [6, 6.07) is 6.42. The fourth-order valence-corrected chi connectivity index (χ4v) is 3.39. The molecular weight excluding hydrogens is 355 g/mol. The van der Waals surface area contributed by atoms with Crippen molar-refractivity contribution in [3.05, 3.63) is 59.3 Å². The molecule has 0 bridgehead atoms. The third-order valence-electron chi connectivity index (χ3n) is 4.93. The Bertz CT molecular complexity index is 987. The molecule has 0 aliphatic carbocycles. The van der Waals surface area contributed by atoms with Crippen molar-refractivity contribution in [2.45, 2.75) is 26.3 Å². The van der Waals surface area contributed by atoms with Gasteiger partial charge in [0.1, 0.15) is 11.6 Å². The number of fused-ring (bicyclic) bond motifs is 1. The average Bonchev–Trinajstić information content (AvgIpc) is 2.72. The van der Waals surface area contributed by atoms with Crippen molar-refractivity contribution < 1.29 is 4.39 Å². The zero-order valence-electron chi connectivity index (χ0n) is 16.4. The predicted octanol–water partition coefficient (Wildman–Crippen LogP) is 3.26. The Morgan fingerprint density at radius 2 is 1.93 bits per heavy atom. The monoisotopic (exact) mass is 378 g/mol. The molecule has 0 atom stereocenters. The third-order valence-corrected chi connectivity index (χ3v) is 4.93. The number of halogens is 1. The zero-order chi connectivity index (χ0) is 19.7. The molecule has 2 aromatic heterocycles. The van der Waals surface area contributed by atoms with E-state index in [1.165, 1.54) is 12.1 Å². The van der Waals surface area contributed by atoms with Crippen LogP contribution < -0.4 is 9.80 Å². The lowest BCUT2D eigenvalue weighted by molar-refractivity contribution is 0.628. The molecule has 3 heterocycles. The van der Waals surface area contributed by atoms with Gasteiger partial charge in [0.2, 0.25) is 5.95 Å². The summed E-state index contributed by atoms with van der Waals surface area (Å²) in [5.74, 6) is 1.84. The van der Waals surface area contributed by atoms with Crippen LogP contribution in [0.4, 0.5) is 16.2 Å². The van der Waals surface area contributed by atoms with Crippen molar-refractivity contribution in [3.8, 4) is 11.4 Å². The Hall–Kier alpha value is -3.09. The van der Waals surface area contributed by atoms with Crippen molar-refractivity contribution in [1.29, 1.82) is 0 Å². The number of aryl methyl sites for hydroxylation is 1. The van der Waals surface area contributed by atoms with Gasteiger partial charge >= 0.3 is 0 Å². The molecule has 7 heteroatoms. The van der Waals surface area contributed by atoms with Gasteiger partial charge in [-0.3, -0.25) is 0 Å². The van der Waals surface area contributed by atoms with Crippen LogP contribution >= 0.6 is 0 Å². The zero-order valence-corrected chi connectivity index (χ0v) is 16.4. The van der Waals surface area contributed by atoms with Crippen LogP contribution in [0.3, 0.4) is 0 Å². The van der Waals surface area contributed by atoms with Crippen LogP contribution in [0, 0.1) is 5.82 Å². The lowest BCUT2D eigenvalue weighted by Crippen LogP contribution is -2.34. The standard InChI is InChI=1S/C21H23FN6/c1-4-14-11-23-21(24-12-14)28-9-8-18-17(13-28)20(27(2)3)26-19(25-18)15-6-5-7-16(22)10-15/h5-7,10-12H,4,8-9,13H2,1-3H3. The second kappa shape index (κ2) is 7.50. The number of anilines is 2. The van der Waals surface area contributed by atoms with E-state index in [0.717, 1.165) is 48.0 Å². The molecule has 1 aromatic carbocycles. The lowest BCUT2D eigenvalue weighted by atomic mass is 10.1. The highest BCUT2D eigenvalue weighted by molar-refractivity contribution is 5.61. The van der Waals surface area contributed by atoms with Crippen LogP contribution in [0.25, 0.3) is 11.4 Å². The molecule has 6 nitrogen and oxygen atoms in total. The van der Waals surface area contributed by atoms with E-state index in [2.05, 4.69) is 21.8 Å². The summed E-state index contributed by atoms with van der Waals surface area (Å²) in [5, 5.41) is 0. The normalized spacial score (nSPS) is 13.4. The van der Waals surface area contributed by atoms with Crippen LogP contribution in [0.2, 0.25) is 0 Å². The van der Waals surface area contributed by atoms with Gasteiger partial charge in [-0.05, 0) is 24.1 Å². The van der Waals surface area contributed by atoms with E-state index < -0.39 is 0 Å². The Morgan fingerprint density at radius 1 is 1.14 bits per heavy atom. The molecule has 0 saturated heterocycles. The molecule has 0 fully saturated rings. The van der Waals surface area contributed by atoms with E-state index in [9.17, 15) is 4.39 Å². The maximum absolute atomic E-state index is 13.7. The molecule has 1 aliphatic rings. The molecule has 4 rings (SSSR count). The molecule has 28 heavy (non-hydrogen) atoms. The van der Waals surface area contributed by atoms with Gasteiger partial charge < -0.3 is 9.80 Å². The van der Waals surface area contributed by atoms with Crippen LogP contribution in [0.1, 0.15) is 23.7 Å². The molecule has 0 radical (unpaired) electrons. The van der Waals surface area contributed by atoms with E-state index in [-0.39, 0.29) is 5.82 Å². The minimum absolute atomic E-state index is 0.288. The van der Waals surface area contributed by atoms with Gasteiger partial charge in [0, 0.05) is 50.6 Å². The minimum atomic E-state index is -0.288. The summed E-state index contributed by atoms with van der Waals surface area (Å²) in [5.41, 5.74) is 3.88. The first-order valence-electron chi connectivity index (χ1n) is 9.44. The maximum atomic E-state index is 13.7. The number of nitrogens with zero attached hydrogens (tertiary/aromatic N) is 6. The quantitative estimate of drug-likeness (QED) is 0.695. The van der Waals surface area contributed by atoms with Crippen LogP contribution in [0.15, 0.2) is 36.7 Å². The van der Waals surface area contributed by atoms with Crippen LogP contribution in [0.5, 0.6) is 0 Å². The molecule has 1 aliphatic heterocycles. The van der Waals surface area contributed by atoms with Gasteiger partial charge in [0.25, 0.3) is 0 Å². The molecule has 0 unspecified atom stereocenters. The SMILES string of the molecule is CCc1cnc(N2CCc3nc(-c4cccc(F)c4)nc(N(C)C)c3C2)nc1. The van der Waals surface area contributed by atoms with E-state index in [0.29, 0.717) is 17.9 Å². The van der Waals surface area contributed by atoms with Crippen molar-refractivity contribution >= 4 is 11.8 Å². The smallest absolute Gasteiger partial charge is 0.225 e. The summed E-state index contributed by atoms with van der Waals surface area (Å²) in [6.07, 6.45) is 5.45. The molecule has 3 aromatic rings. The van der Waals surface area contributed by atoms with Gasteiger partial charge in [-0.15, -0.1) is 0 Å². The fraction of sp³-hybridized carbons (Fsp3) is 0.333. The Balaban J connectivity index is 1.70. The van der Waals surface area contributed by atoms with Crippen molar-refractivity contribution in [3.63, 3.8) is 0 Å². The summed E-state index contributed by atoms with van der Waals surface area (Å²) in [4.78, 5) is 22.6. The van der Waals surface area contributed by atoms with Gasteiger partial charge in [0.05, 0.1) is 12.2 Å². The van der Waals surface area contributed by atoms with Gasteiger partial charge in [-0.1, -0.05) is 19.1 Å². The number of aromatic nitrogens is 4. The molecular formula is C21H23FN6. The van der Waals surface area contributed by atoms with E-state index in [1.54, 1.807) is 6.07 Å². The van der Waals surface area contributed by atoms with E-state index in [1.807, 2.05) is 37.5 Å². The highest BCUT2D eigenvalue weighted by atomic mass is 19.1. The average molecular weight is 378 g/mol. The van der Waals surface area contributed by atoms with Crippen LogP contribution in [-0.4, -0.2) is 40.6 Å². The third kappa shape index (κ3) is 3.52. The van der Waals surface area contributed by atoms with Crippen molar-refractivity contribution in [2.24, 2.45) is 0 Å². The predicted molar refractivity (Wildman–Crippen MR) is 108 cm³/mol. The van der Waals surface area contributed by atoms with Gasteiger partial charge in [-0.25, -0.2) is 24.3 Å². The Kier molecular flexibility index (Phi) is 4.90. The topological polar surface area (TPSA) is 58.0 Å². The summed E-state index contributed by atoms with van der Waals surface area (Å²) >= 11 is 0. The van der Waals surface area contributed by atoms with E-state index in [4.69, 9.17) is 9.97 Å². The number of hydrogen-bond donors (Lipinski definition) is 0. The first-order valence-corrected chi connectivity index (χ1v) is 9.44. The first kappa shape index (κ1) is 18.3. The first-order chi connectivity index (χ1) is 13.5. The highest BCUT2D eigenvalue weighted by Gasteiger charge is 2.25. The molecule has 144 valence electrons. The van der Waals surface area contributed by atoms with Gasteiger partial charge in [-0.2, -0.15) is 0 Å². The van der Waals surface area contributed by atoms with Crippen LogP contribution in [-0.2, 0) is 19.4 Å². The molecule has 0 spiro atoms. The van der Waals surface area contributed by atoms with Crippen molar-refractivity contribution in [2.75, 3.05) is 30.4 Å². The van der Waals surface area contributed by atoms with E-state index >= 15 is 0 Å². The second-order valence-corrected chi connectivity index (χ2v) is 7.12. The Morgan fingerprint density at radius 3 is 2.61 bits per heavy atom. The number of rotatable bonds is 4. The van der Waals surface area contributed by atoms with Crippen molar-refractivity contribution in [1.82, 2.24) is 19.9 Å². The highest BCUT2D eigenvalue weighted by Crippen LogP contribution is 2.30. The lowest BCUT2D eigenvalue weighted by Gasteiger charge is -2.31. The summed E-state index contributed by atoms with van der Waals surface area (Å²) < 4.78 is 13.7. The van der Waals surface area contributed by atoms with Gasteiger partial charge in [0.15, 0.2) is 5.82 Å².